The fourth-order valence-electron chi connectivity index (χ4n) is 9.20. The van der Waals surface area contributed by atoms with Crippen molar-refractivity contribution in [2.45, 2.75) is 57.3 Å². The number of piperazine rings is 1. The number of halogens is 2. The molecule has 3 atom stereocenters. The lowest BCUT2D eigenvalue weighted by Gasteiger charge is -2.39. The highest BCUT2D eigenvalue weighted by molar-refractivity contribution is 6.01. The predicted molar refractivity (Wildman–Crippen MR) is 189 cm³/mol. The van der Waals surface area contributed by atoms with Gasteiger partial charge in [-0.05, 0) is 67.5 Å². The topological polar surface area (TPSA) is 117 Å². The summed E-state index contributed by atoms with van der Waals surface area (Å²) in [7, 11) is 0. The Labute approximate surface area is 294 Å². The Balaban J connectivity index is 0.767. The molecule has 2 unspecified atom stereocenters. The first-order valence-electron chi connectivity index (χ1n) is 18.3. The lowest BCUT2D eigenvalue weighted by Crippen LogP contribution is -2.50. The molecule has 10 nitrogen and oxygen atoms in total. The predicted octanol–water partition coefficient (Wildman–Crippen LogP) is 5.12. The number of nitrogens with one attached hydrogen (secondary N) is 3. The van der Waals surface area contributed by atoms with Crippen LogP contribution in [-0.2, 0) is 22.4 Å². The first kappa shape index (κ1) is 32.3. The summed E-state index contributed by atoms with van der Waals surface area (Å²) in [5.41, 5.74) is 5.78. The lowest BCUT2D eigenvalue weighted by molar-refractivity contribution is -0.134. The summed E-state index contributed by atoms with van der Waals surface area (Å²) in [6.45, 7) is 7.77. The monoisotopic (exact) mass is 695 g/mol. The number of alkyl halides is 2. The molecule has 12 heteroatoms. The minimum absolute atomic E-state index is 0.0250. The molecule has 5 heterocycles. The number of hydrogen-bond acceptors (Lipinski definition) is 6. The number of hydrogen-bond donors (Lipinski definition) is 3. The van der Waals surface area contributed by atoms with Crippen molar-refractivity contribution in [1.82, 2.24) is 30.3 Å². The van der Waals surface area contributed by atoms with Crippen molar-refractivity contribution in [1.29, 1.82) is 0 Å². The number of benzene rings is 2. The Morgan fingerprint density at radius 3 is 2.47 bits per heavy atom. The van der Waals surface area contributed by atoms with E-state index in [1.54, 1.807) is 6.92 Å². The van der Waals surface area contributed by atoms with Gasteiger partial charge in [0.25, 0.3) is 11.8 Å². The number of aromatic nitrogens is 3. The fourth-order valence-corrected chi connectivity index (χ4v) is 9.20. The van der Waals surface area contributed by atoms with Crippen molar-refractivity contribution in [3.8, 4) is 11.4 Å². The number of amides is 3. The van der Waals surface area contributed by atoms with Gasteiger partial charge in [-0.1, -0.05) is 25.1 Å². The second-order valence-corrected chi connectivity index (χ2v) is 15.6. The van der Waals surface area contributed by atoms with Gasteiger partial charge in [0.1, 0.15) is 5.69 Å². The molecule has 2 aromatic heterocycles. The number of imide groups is 1. The number of H-pyrrole nitrogens is 2. The van der Waals surface area contributed by atoms with Gasteiger partial charge in [-0.25, -0.2) is 8.78 Å². The normalized spacial score (nSPS) is 26.6. The van der Waals surface area contributed by atoms with Crippen LogP contribution >= 0.6 is 0 Å². The standard InChI is InChI=1S/C39H43F2N7O3/c1-38-21-32-29(20-33(38)39(38,40)41)35(45-44-32)31-18-25-2-3-26(19-30(25)42-31)37(51)48-16-14-46(15-17-48)22-23-10-12-47(13-11-23)27-6-4-24(5-7-27)28-8-9-34(49)43-36(28)50/h2-7,18-19,23,28,33,42H,8-17,20-22H2,1H3,(H,44,45)(H,43,49,50)/t28?,33?,38-/m1/s1. The van der Waals surface area contributed by atoms with E-state index in [9.17, 15) is 23.2 Å². The van der Waals surface area contributed by atoms with E-state index in [1.807, 2.05) is 41.3 Å². The zero-order valence-corrected chi connectivity index (χ0v) is 28.8. The molecule has 1 saturated carbocycles. The largest absolute Gasteiger partial charge is 0.372 e. The van der Waals surface area contributed by atoms with E-state index in [0.29, 0.717) is 55.9 Å². The quantitative estimate of drug-likeness (QED) is 0.241. The summed E-state index contributed by atoms with van der Waals surface area (Å²) in [6.07, 6.45) is 3.80. The lowest BCUT2D eigenvalue weighted by atomic mass is 9.87. The van der Waals surface area contributed by atoms with E-state index in [1.165, 1.54) is 5.69 Å². The van der Waals surface area contributed by atoms with Crippen molar-refractivity contribution < 1.29 is 23.2 Å². The molecule has 2 aliphatic carbocycles. The third kappa shape index (κ3) is 5.53. The minimum atomic E-state index is -2.64. The number of fused-ring (bicyclic) bond motifs is 3. The zero-order valence-electron chi connectivity index (χ0n) is 28.8. The highest BCUT2D eigenvalue weighted by Gasteiger charge is 2.78. The maximum absolute atomic E-state index is 14.5. The molecule has 0 radical (unpaired) electrons. The number of piperidine rings is 2. The smallest absolute Gasteiger partial charge is 0.258 e. The second kappa shape index (κ2) is 12.0. The number of aromatic amines is 2. The third-order valence-electron chi connectivity index (χ3n) is 12.6. The maximum Gasteiger partial charge on any atom is 0.258 e. The van der Waals surface area contributed by atoms with Crippen LogP contribution in [0.25, 0.3) is 22.3 Å². The fraction of sp³-hybridized carbons (Fsp3) is 0.487. The SMILES string of the molecule is C[C@@]12Cc3[nH]nc(-c4cc5ccc(C(=O)N6CCN(CC7CCN(c8ccc(C9CCC(=O)NC9=O)cc8)CC7)CC6)cc5[nH]4)c3CC1C2(F)F. The maximum atomic E-state index is 14.5. The van der Waals surface area contributed by atoms with Gasteiger partial charge in [-0.2, -0.15) is 5.10 Å². The second-order valence-electron chi connectivity index (χ2n) is 15.6. The van der Waals surface area contributed by atoms with Gasteiger partial charge < -0.3 is 14.8 Å². The zero-order chi connectivity index (χ0) is 35.1. The van der Waals surface area contributed by atoms with Gasteiger partial charge in [-0.3, -0.25) is 29.7 Å². The van der Waals surface area contributed by atoms with Crippen LogP contribution in [0.4, 0.5) is 14.5 Å². The molecule has 51 heavy (non-hydrogen) atoms. The summed E-state index contributed by atoms with van der Waals surface area (Å²) >= 11 is 0. The molecule has 5 aliphatic rings. The number of carbonyl (C=O) groups excluding carboxylic acids is 3. The molecule has 4 fully saturated rings. The molecule has 3 saturated heterocycles. The van der Waals surface area contributed by atoms with Crippen LogP contribution in [0.3, 0.4) is 0 Å². The molecule has 4 aromatic rings. The summed E-state index contributed by atoms with van der Waals surface area (Å²) in [5.74, 6) is -3.29. The van der Waals surface area contributed by atoms with Crippen molar-refractivity contribution in [2.24, 2.45) is 17.3 Å². The molecule has 0 spiro atoms. The van der Waals surface area contributed by atoms with Crippen LogP contribution in [0.5, 0.6) is 0 Å². The van der Waals surface area contributed by atoms with E-state index in [4.69, 9.17) is 0 Å². The number of anilines is 1. The van der Waals surface area contributed by atoms with E-state index in [-0.39, 0.29) is 23.6 Å². The van der Waals surface area contributed by atoms with Gasteiger partial charge in [-0.15, -0.1) is 0 Å². The average molecular weight is 696 g/mol. The summed E-state index contributed by atoms with van der Waals surface area (Å²) < 4.78 is 28.9. The van der Waals surface area contributed by atoms with Crippen molar-refractivity contribution >= 4 is 34.3 Å². The molecule has 2 aromatic carbocycles. The number of carbonyl (C=O) groups is 3. The Hall–Kier alpha value is -4.58. The van der Waals surface area contributed by atoms with Gasteiger partial charge in [0.2, 0.25) is 11.8 Å². The van der Waals surface area contributed by atoms with Crippen molar-refractivity contribution in [2.75, 3.05) is 50.7 Å². The Morgan fingerprint density at radius 1 is 0.961 bits per heavy atom. The average Bonchev–Trinajstić information content (AvgIpc) is 3.52. The molecule has 3 aliphatic heterocycles. The van der Waals surface area contributed by atoms with Crippen LogP contribution in [-0.4, -0.2) is 94.4 Å². The van der Waals surface area contributed by atoms with Crippen molar-refractivity contribution in [3.05, 3.63) is 70.9 Å². The minimum Gasteiger partial charge on any atom is -0.372 e. The summed E-state index contributed by atoms with van der Waals surface area (Å²) in [6, 6.07) is 16.0. The highest BCUT2D eigenvalue weighted by Crippen LogP contribution is 2.70. The van der Waals surface area contributed by atoms with Crippen molar-refractivity contribution in [3.63, 3.8) is 0 Å². The molecular formula is C39H43F2N7O3. The Bertz CT molecular complexity index is 2020. The molecule has 3 N–H and O–H groups in total. The van der Waals surface area contributed by atoms with Crippen LogP contribution in [0.2, 0.25) is 0 Å². The first-order valence-corrected chi connectivity index (χ1v) is 18.3. The molecule has 266 valence electrons. The Kier molecular flexibility index (Phi) is 7.61. The van der Waals surface area contributed by atoms with E-state index in [2.05, 4.69) is 42.4 Å². The van der Waals surface area contributed by atoms with Gasteiger partial charge in [0, 0.05) is 103 Å². The first-order chi connectivity index (χ1) is 24.6. The number of nitrogens with zero attached hydrogens (tertiary/aromatic N) is 4. The van der Waals surface area contributed by atoms with Crippen LogP contribution in [0, 0.1) is 17.3 Å². The molecule has 3 amide bonds. The highest BCUT2D eigenvalue weighted by atomic mass is 19.3. The molecule has 0 bridgehead atoms. The van der Waals surface area contributed by atoms with Crippen LogP contribution in [0.15, 0.2) is 48.5 Å². The third-order valence-corrected chi connectivity index (χ3v) is 12.6. The van der Waals surface area contributed by atoms with Gasteiger partial charge in [0.05, 0.1) is 11.6 Å². The van der Waals surface area contributed by atoms with Crippen LogP contribution in [0.1, 0.15) is 65.7 Å². The van der Waals surface area contributed by atoms with Crippen LogP contribution < -0.4 is 10.2 Å². The Morgan fingerprint density at radius 2 is 1.73 bits per heavy atom. The summed E-state index contributed by atoms with van der Waals surface area (Å²) in [5, 5.41) is 10.9. The van der Waals surface area contributed by atoms with Gasteiger partial charge in [0.15, 0.2) is 0 Å². The van der Waals surface area contributed by atoms with E-state index < -0.39 is 17.3 Å². The molecule has 9 rings (SSSR count). The summed E-state index contributed by atoms with van der Waals surface area (Å²) in [4.78, 5) is 47.6. The van der Waals surface area contributed by atoms with E-state index >= 15 is 0 Å². The van der Waals surface area contributed by atoms with Gasteiger partial charge >= 0.3 is 0 Å². The number of rotatable bonds is 6. The van der Waals surface area contributed by atoms with E-state index in [0.717, 1.165) is 79.0 Å². The molecular weight excluding hydrogens is 652 g/mol.